The molecular weight excluding hydrogens is 586 g/mol. The third-order valence-corrected chi connectivity index (χ3v) is 9.99. The summed E-state index contributed by atoms with van der Waals surface area (Å²) >= 11 is 0. The van der Waals surface area contributed by atoms with Crippen molar-refractivity contribution >= 4 is 36.6 Å². The van der Waals surface area contributed by atoms with Crippen LogP contribution in [0.2, 0.25) is 0 Å². The Morgan fingerprint density at radius 1 is 1.09 bits per heavy atom. The first-order valence-corrected chi connectivity index (χ1v) is 15.6. The van der Waals surface area contributed by atoms with Gasteiger partial charge in [-0.25, -0.2) is 4.98 Å². The number of methoxy groups -OCH3 is 1. The van der Waals surface area contributed by atoms with Gasteiger partial charge in [-0.15, -0.1) is 0 Å². The van der Waals surface area contributed by atoms with Crippen molar-refractivity contribution in [3.05, 3.63) is 64.8 Å². The number of carbonyl (C=O) groups excluding carboxylic acids is 1. The number of carbonyl (C=O) groups is 1. The molecule has 2 aliphatic rings. The van der Waals surface area contributed by atoms with E-state index < -0.39 is 30.8 Å². The Kier molecular flexibility index (Phi) is 8.69. The summed E-state index contributed by atoms with van der Waals surface area (Å²) in [6.45, 7) is 2.13. The molecule has 3 N–H and O–H groups in total. The smallest absolute Gasteiger partial charge is 0.421 e. The van der Waals surface area contributed by atoms with Crippen LogP contribution in [0.5, 0.6) is 5.75 Å². The minimum atomic E-state index is -4.76. The summed E-state index contributed by atoms with van der Waals surface area (Å²) in [5, 5.41) is 5.67. The normalized spacial score (nSPS) is 20.0. The average molecular weight is 620 g/mol. The van der Waals surface area contributed by atoms with Crippen molar-refractivity contribution in [3.8, 4) is 5.75 Å². The van der Waals surface area contributed by atoms with Crippen molar-refractivity contribution in [1.82, 2.24) is 14.9 Å². The second-order valence-electron chi connectivity index (χ2n) is 10.6. The van der Waals surface area contributed by atoms with Crippen molar-refractivity contribution in [2.75, 3.05) is 31.4 Å². The maximum absolute atomic E-state index is 14.0. The fourth-order valence-electron chi connectivity index (χ4n) is 5.81. The predicted octanol–water partition coefficient (Wildman–Crippen LogP) is 6.82. The molecule has 5 rings (SSSR count). The lowest BCUT2D eigenvalue weighted by Gasteiger charge is -2.31. The van der Waals surface area contributed by atoms with Crippen LogP contribution in [0.3, 0.4) is 0 Å². The molecule has 1 unspecified atom stereocenters. The van der Waals surface area contributed by atoms with Gasteiger partial charge in [0.15, 0.2) is 0 Å². The zero-order chi connectivity index (χ0) is 30.9. The number of aromatic nitrogens is 2. The number of rotatable bonds is 9. The van der Waals surface area contributed by atoms with Crippen LogP contribution in [0.1, 0.15) is 65.6 Å². The van der Waals surface area contributed by atoms with Crippen LogP contribution in [-0.2, 0) is 21.8 Å². The Bertz CT molecular complexity index is 1560. The molecule has 1 atom stereocenters. The van der Waals surface area contributed by atoms with Gasteiger partial charge in [0.1, 0.15) is 17.1 Å². The molecule has 1 aliphatic carbocycles. The highest BCUT2D eigenvalue weighted by atomic mass is 31.2. The van der Waals surface area contributed by atoms with Crippen LogP contribution >= 0.6 is 7.60 Å². The fraction of sp³-hybridized carbons (Fsp3) is 0.414. The van der Waals surface area contributed by atoms with Crippen LogP contribution in [0.25, 0.3) is 0 Å². The van der Waals surface area contributed by atoms with Crippen molar-refractivity contribution in [1.29, 1.82) is 0 Å². The first-order valence-electron chi connectivity index (χ1n) is 13.9. The number of nitrogens with one attached hydrogen (secondary N) is 2. The van der Waals surface area contributed by atoms with Crippen LogP contribution in [0.15, 0.2) is 42.6 Å². The second-order valence-corrected chi connectivity index (χ2v) is 12.7. The molecule has 2 aromatic carbocycles. The maximum atomic E-state index is 14.0. The minimum absolute atomic E-state index is 0.0291. The Hall–Kier alpha value is -3.67. The van der Waals surface area contributed by atoms with Crippen LogP contribution in [0.4, 0.5) is 36.3 Å². The van der Waals surface area contributed by atoms with Gasteiger partial charge >= 0.3 is 13.8 Å². The van der Waals surface area contributed by atoms with Gasteiger partial charge < -0.3 is 29.7 Å². The molecule has 0 bridgehead atoms. The number of halogens is 3. The van der Waals surface area contributed by atoms with Crippen LogP contribution in [-0.4, -0.2) is 52.1 Å². The van der Waals surface area contributed by atoms with E-state index in [9.17, 15) is 27.4 Å². The average Bonchev–Trinajstić information content (AvgIpc) is 3.27. The van der Waals surface area contributed by atoms with E-state index in [0.29, 0.717) is 49.9 Å². The van der Waals surface area contributed by atoms with Gasteiger partial charge in [-0.05, 0) is 67.9 Å². The molecular formula is C29H33F3N5O5P. The summed E-state index contributed by atoms with van der Waals surface area (Å²) in [7, 11) is -0.601. The molecule has 43 heavy (non-hydrogen) atoms. The molecule has 0 saturated heterocycles. The molecule has 0 radical (unpaired) electrons. The van der Waals surface area contributed by atoms with Gasteiger partial charge in [0.05, 0.1) is 36.3 Å². The van der Waals surface area contributed by atoms with E-state index in [4.69, 9.17) is 9.26 Å². The lowest BCUT2D eigenvalue weighted by molar-refractivity contribution is -0.137. The molecule has 1 saturated carbocycles. The number of alkyl halides is 3. The lowest BCUT2D eigenvalue weighted by Crippen LogP contribution is -2.20. The van der Waals surface area contributed by atoms with Crippen molar-refractivity contribution in [2.45, 2.75) is 56.9 Å². The van der Waals surface area contributed by atoms with Crippen molar-refractivity contribution in [2.24, 2.45) is 0 Å². The summed E-state index contributed by atoms with van der Waals surface area (Å²) in [6, 6.07) is 10.3. The highest BCUT2D eigenvalue weighted by Crippen LogP contribution is 2.55. The fourth-order valence-corrected chi connectivity index (χ4v) is 7.34. The zero-order valence-electron chi connectivity index (χ0n) is 23.9. The number of fused-ring (bicyclic) bond motifs is 1. The van der Waals surface area contributed by atoms with Gasteiger partial charge in [0.25, 0.3) is 5.91 Å². The van der Waals surface area contributed by atoms with Gasteiger partial charge in [-0.3, -0.25) is 9.36 Å². The van der Waals surface area contributed by atoms with E-state index in [2.05, 4.69) is 20.6 Å². The van der Waals surface area contributed by atoms with Crippen LogP contribution in [0, 0.1) is 0 Å². The third kappa shape index (κ3) is 6.34. The molecule has 1 aromatic heterocycles. The number of nitrogens with zero attached hydrogens (tertiary/aromatic N) is 3. The van der Waals surface area contributed by atoms with E-state index >= 15 is 0 Å². The first-order chi connectivity index (χ1) is 20.4. The molecule has 0 spiro atoms. The molecule has 1 aliphatic heterocycles. The highest BCUT2D eigenvalue weighted by molar-refractivity contribution is 7.53. The van der Waals surface area contributed by atoms with E-state index in [1.807, 2.05) is 6.07 Å². The Morgan fingerprint density at radius 3 is 2.49 bits per heavy atom. The van der Waals surface area contributed by atoms with E-state index in [-0.39, 0.29) is 35.6 Å². The molecule has 3 aromatic rings. The maximum Gasteiger partial charge on any atom is 0.421 e. The Morgan fingerprint density at radius 2 is 1.81 bits per heavy atom. The SMILES string of the molecule is CCOP(=O)(O)C1CCC(c2ccc(Nc3nc(Nc4ccccc4OC)ncc3C(F)(F)F)c3c2CN(C)C3=O)CC1. The number of para-hydroxylation sites is 2. The minimum Gasteiger partial charge on any atom is -0.495 e. The first kappa shape index (κ1) is 30.8. The number of benzene rings is 2. The molecule has 10 nitrogen and oxygen atoms in total. The summed E-state index contributed by atoms with van der Waals surface area (Å²) in [6.07, 6.45) is -1.83. The topological polar surface area (TPSA) is 126 Å². The number of amides is 1. The Labute approximate surface area is 247 Å². The molecule has 230 valence electrons. The van der Waals surface area contributed by atoms with Gasteiger partial charge in [-0.1, -0.05) is 18.2 Å². The van der Waals surface area contributed by atoms with Crippen molar-refractivity contribution < 1.29 is 36.7 Å². The van der Waals surface area contributed by atoms with E-state index in [1.54, 1.807) is 44.3 Å². The standard InChI is InChI=1S/C29H33F3N5O5P/c1-4-42-43(39,40)18-11-9-17(10-12-18)19-13-14-23(25-20(19)16-37(2)27(25)38)34-26-21(29(30,31)32)15-33-28(36-26)35-22-7-5-6-8-24(22)41-3/h5-8,13-15,17-18H,4,9-12,16H2,1-3H3,(H,39,40)(H2,33,34,35,36). The monoisotopic (exact) mass is 619 g/mol. The summed E-state index contributed by atoms with van der Waals surface area (Å²) in [5.41, 5.74) is 1.06. The predicted molar refractivity (Wildman–Crippen MR) is 155 cm³/mol. The summed E-state index contributed by atoms with van der Waals surface area (Å²) in [4.78, 5) is 33.1. The van der Waals surface area contributed by atoms with E-state index in [0.717, 1.165) is 11.1 Å². The van der Waals surface area contributed by atoms with Gasteiger partial charge in [-0.2, -0.15) is 18.2 Å². The quantitative estimate of drug-likeness (QED) is 0.221. The molecule has 14 heteroatoms. The molecule has 1 fully saturated rings. The number of hydrogen-bond acceptors (Lipinski definition) is 8. The number of hydrogen-bond donors (Lipinski definition) is 3. The molecule has 2 heterocycles. The number of anilines is 4. The largest absolute Gasteiger partial charge is 0.495 e. The Balaban J connectivity index is 1.47. The van der Waals surface area contributed by atoms with Gasteiger partial charge in [0, 0.05) is 19.8 Å². The van der Waals surface area contributed by atoms with Crippen molar-refractivity contribution in [3.63, 3.8) is 0 Å². The zero-order valence-corrected chi connectivity index (χ0v) is 24.8. The lowest BCUT2D eigenvalue weighted by atomic mass is 9.81. The number of ether oxygens (including phenoxy) is 1. The highest BCUT2D eigenvalue weighted by Gasteiger charge is 2.39. The summed E-state index contributed by atoms with van der Waals surface area (Å²) < 4.78 is 65.0. The van der Waals surface area contributed by atoms with Crippen LogP contribution < -0.4 is 15.4 Å². The summed E-state index contributed by atoms with van der Waals surface area (Å²) in [5.74, 6) is -0.439. The van der Waals surface area contributed by atoms with Gasteiger partial charge in [0.2, 0.25) is 5.95 Å². The molecule has 1 amide bonds. The third-order valence-electron chi connectivity index (χ3n) is 7.92. The van der Waals surface area contributed by atoms with E-state index in [1.165, 1.54) is 12.0 Å². The second kappa shape index (κ2) is 12.1.